The number of nitrogens with zero attached hydrogens (tertiary/aromatic N) is 3. The van der Waals surface area contributed by atoms with Gasteiger partial charge in [-0.05, 0) is 48.7 Å². The van der Waals surface area contributed by atoms with Gasteiger partial charge in [0.05, 0.1) is 17.8 Å². The fraction of sp³-hybridized carbons (Fsp3) is 0.172. The number of aromatic nitrogens is 3. The molecular formula is C29H26FN4O3+. The number of H-pyrrole nitrogens is 1. The molecule has 0 saturated heterocycles. The van der Waals surface area contributed by atoms with Crippen molar-refractivity contribution in [1.29, 1.82) is 0 Å². The Balaban J connectivity index is 1.73. The number of amides is 2. The van der Waals surface area contributed by atoms with Gasteiger partial charge in [0.2, 0.25) is 0 Å². The van der Waals surface area contributed by atoms with Crippen LogP contribution >= 0.6 is 0 Å². The lowest BCUT2D eigenvalue weighted by Crippen LogP contribution is -2.39. The molecule has 5 rings (SSSR count). The van der Waals surface area contributed by atoms with Crippen LogP contribution in [-0.2, 0) is 16.1 Å². The number of aryl methyl sites for hydroxylation is 1. The summed E-state index contributed by atoms with van der Waals surface area (Å²) in [7, 11) is 0. The summed E-state index contributed by atoms with van der Waals surface area (Å²) >= 11 is 0. The van der Waals surface area contributed by atoms with Crippen molar-refractivity contribution in [2.24, 2.45) is 0 Å². The minimum absolute atomic E-state index is 0.0438. The smallest absolute Gasteiger partial charge is 0.294 e. The average molecular weight is 498 g/mol. The van der Waals surface area contributed by atoms with E-state index in [2.05, 4.69) is 5.10 Å². The highest BCUT2D eigenvalue weighted by Gasteiger charge is 2.47. The Hall–Kier alpha value is -4.59. The minimum Gasteiger partial charge on any atom is -0.294 e. The van der Waals surface area contributed by atoms with Gasteiger partial charge in [-0.15, -0.1) is 0 Å². The first kappa shape index (κ1) is 24.1. The number of aromatic amines is 1. The molecule has 0 radical (unpaired) electrons. The van der Waals surface area contributed by atoms with Gasteiger partial charge in [-0.2, -0.15) is 4.57 Å². The Morgan fingerprint density at radius 3 is 2.27 bits per heavy atom. The molecule has 7 nitrogen and oxygen atoms in total. The monoisotopic (exact) mass is 497 g/mol. The molecular weight excluding hydrogens is 471 g/mol. The highest BCUT2D eigenvalue weighted by atomic mass is 19.1. The number of benzene rings is 2. The molecule has 186 valence electrons. The van der Waals surface area contributed by atoms with Gasteiger partial charge in [0.1, 0.15) is 11.4 Å². The van der Waals surface area contributed by atoms with Gasteiger partial charge in [-0.3, -0.25) is 24.4 Å². The molecule has 2 aromatic heterocycles. The second kappa shape index (κ2) is 9.46. The molecule has 0 unspecified atom stereocenters. The normalized spacial score (nSPS) is 13.8. The number of carbonyl (C=O) groups is 2. The van der Waals surface area contributed by atoms with E-state index >= 15 is 0 Å². The quantitative estimate of drug-likeness (QED) is 0.324. The van der Waals surface area contributed by atoms with E-state index in [9.17, 15) is 18.8 Å². The van der Waals surface area contributed by atoms with E-state index in [1.165, 1.54) is 28.9 Å². The van der Waals surface area contributed by atoms with E-state index in [0.29, 0.717) is 16.9 Å². The molecule has 2 aromatic carbocycles. The second-order valence-electron chi connectivity index (χ2n) is 9.37. The largest absolute Gasteiger partial charge is 0.327 e. The van der Waals surface area contributed by atoms with Gasteiger partial charge < -0.3 is 0 Å². The molecule has 37 heavy (non-hydrogen) atoms. The summed E-state index contributed by atoms with van der Waals surface area (Å²) in [4.78, 5) is 42.7. The number of pyridine rings is 1. The maximum Gasteiger partial charge on any atom is 0.327 e. The molecule has 1 aliphatic rings. The highest BCUT2D eigenvalue weighted by Crippen LogP contribution is 2.33. The third kappa shape index (κ3) is 4.31. The summed E-state index contributed by atoms with van der Waals surface area (Å²) in [5.74, 6) is -1.65. The molecule has 3 heterocycles. The summed E-state index contributed by atoms with van der Waals surface area (Å²) in [5.41, 5.74) is 2.55. The van der Waals surface area contributed by atoms with Gasteiger partial charge in [-0.1, -0.05) is 44.2 Å². The zero-order valence-corrected chi connectivity index (χ0v) is 20.7. The van der Waals surface area contributed by atoms with Crippen LogP contribution in [0.3, 0.4) is 0 Å². The summed E-state index contributed by atoms with van der Waals surface area (Å²) in [6.07, 6.45) is 3.44. The zero-order chi connectivity index (χ0) is 26.3. The number of rotatable bonds is 6. The standard InChI is InChI=1S/C29H25FN4O3/c1-18(2)25-23(28(36)34(31-25)22-9-5-4-6-10-22)24-26(32-15-7-8-19(3)16-32)29(37)33(27(24)35)17-20-11-13-21(30)14-12-20/h4-16,18H,17H2,1-3H3/p+1. The van der Waals surface area contributed by atoms with Crippen LogP contribution in [0.5, 0.6) is 0 Å². The Morgan fingerprint density at radius 1 is 0.919 bits per heavy atom. The van der Waals surface area contributed by atoms with Crippen molar-refractivity contribution >= 4 is 23.1 Å². The maximum absolute atomic E-state index is 13.9. The third-order valence-corrected chi connectivity index (χ3v) is 6.36. The van der Waals surface area contributed by atoms with E-state index in [4.69, 9.17) is 0 Å². The predicted molar refractivity (Wildman–Crippen MR) is 137 cm³/mol. The molecule has 0 spiro atoms. The number of imide groups is 1. The molecule has 0 atom stereocenters. The van der Waals surface area contributed by atoms with E-state index in [-0.39, 0.29) is 29.3 Å². The van der Waals surface area contributed by atoms with Crippen LogP contribution in [0.15, 0.2) is 83.9 Å². The number of hydrogen-bond donors (Lipinski definition) is 1. The molecule has 1 N–H and O–H groups in total. The lowest BCUT2D eigenvalue weighted by molar-refractivity contribution is -0.577. The molecule has 0 aliphatic carbocycles. The Kier molecular flexibility index (Phi) is 6.17. The lowest BCUT2D eigenvalue weighted by atomic mass is 9.98. The number of carbonyl (C=O) groups excluding carboxylic acids is 2. The van der Waals surface area contributed by atoms with Crippen molar-refractivity contribution < 1.29 is 18.5 Å². The van der Waals surface area contributed by atoms with Crippen LogP contribution in [0, 0.1) is 12.7 Å². The van der Waals surface area contributed by atoms with Crippen LogP contribution in [-0.4, -0.2) is 26.5 Å². The van der Waals surface area contributed by atoms with Gasteiger partial charge in [0, 0.05) is 17.3 Å². The minimum atomic E-state index is -0.573. The topological polar surface area (TPSA) is 79.1 Å². The first-order chi connectivity index (χ1) is 17.8. The number of para-hydroxylation sites is 1. The fourth-order valence-corrected chi connectivity index (χ4v) is 4.55. The summed E-state index contributed by atoms with van der Waals surface area (Å²) < 4.78 is 16.5. The van der Waals surface area contributed by atoms with Crippen LogP contribution in [0.4, 0.5) is 4.39 Å². The van der Waals surface area contributed by atoms with Crippen molar-refractivity contribution in [1.82, 2.24) is 14.7 Å². The van der Waals surface area contributed by atoms with Crippen LogP contribution in [0.2, 0.25) is 0 Å². The molecule has 8 heteroatoms. The summed E-state index contributed by atoms with van der Waals surface area (Å²) in [5, 5.41) is 3.17. The number of hydrogen-bond acceptors (Lipinski definition) is 3. The molecule has 4 aromatic rings. The molecule has 2 amide bonds. The van der Waals surface area contributed by atoms with E-state index in [1.54, 1.807) is 35.2 Å². The lowest BCUT2D eigenvalue weighted by Gasteiger charge is -2.14. The first-order valence-corrected chi connectivity index (χ1v) is 12.0. The van der Waals surface area contributed by atoms with Gasteiger partial charge in [0.25, 0.3) is 17.2 Å². The van der Waals surface area contributed by atoms with Crippen molar-refractivity contribution in [2.45, 2.75) is 33.2 Å². The van der Waals surface area contributed by atoms with Gasteiger partial charge in [0.15, 0.2) is 12.4 Å². The second-order valence-corrected chi connectivity index (χ2v) is 9.37. The van der Waals surface area contributed by atoms with E-state index in [0.717, 1.165) is 10.5 Å². The SMILES string of the molecule is Cc1ccc[n+](C2=C(c3c(C(C)C)[nH]n(-c4ccccc4)c3=O)C(=O)N(Cc3ccc(F)cc3)C2=O)c1. The van der Waals surface area contributed by atoms with E-state index < -0.39 is 23.2 Å². The van der Waals surface area contributed by atoms with Crippen molar-refractivity contribution in [3.8, 4) is 5.69 Å². The fourth-order valence-electron chi connectivity index (χ4n) is 4.55. The first-order valence-electron chi connectivity index (χ1n) is 12.0. The molecule has 0 saturated carbocycles. The molecule has 0 fully saturated rings. The number of nitrogens with one attached hydrogen (secondary N) is 1. The van der Waals surface area contributed by atoms with Gasteiger partial charge in [-0.25, -0.2) is 9.07 Å². The Bertz CT molecular complexity index is 1600. The van der Waals surface area contributed by atoms with Gasteiger partial charge >= 0.3 is 5.91 Å². The van der Waals surface area contributed by atoms with Crippen molar-refractivity contribution in [3.63, 3.8) is 0 Å². The van der Waals surface area contributed by atoms with Crippen molar-refractivity contribution in [3.05, 3.63) is 118 Å². The zero-order valence-electron chi connectivity index (χ0n) is 20.7. The van der Waals surface area contributed by atoms with Crippen LogP contribution in [0.25, 0.3) is 17.0 Å². The number of halogens is 1. The van der Waals surface area contributed by atoms with Crippen LogP contribution in [0.1, 0.15) is 42.1 Å². The predicted octanol–water partition coefficient (Wildman–Crippen LogP) is 3.96. The summed E-state index contributed by atoms with van der Waals surface area (Å²) in [6, 6.07) is 18.4. The summed E-state index contributed by atoms with van der Waals surface area (Å²) in [6.45, 7) is 5.67. The Morgan fingerprint density at radius 2 is 1.62 bits per heavy atom. The van der Waals surface area contributed by atoms with Crippen LogP contribution < -0.4 is 10.1 Å². The third-order valence-electron chi connectivity index (χ3n) is 6.36. The molecule has 0 bridgehead atoms. The average Bonchev–Trinajstić information content (AvgIpc) is 3.34. The van der Waals surface area contributed by atoms with E-state index in [1.807, 2.05) is 45.0 Å². The Labute approximate surface area is 213 Å². The van der Waals surface area contributed by atoms with Crippen molar-refractivity contribution in [2.75, 3.05) is 0 Å². The molecule has 1 aliphatic heterocycles. The maximum atomic E-state index is 13.9. The highest BCUT2D eigenvalue weighted by molar-refractivity contribution is 6.44.